The van der Waals surface area contributed by atoms with Crippen molar-refractivity contribution in [2.24, 2.45) is 5.73 Å². The van der Waals surface area contributed by atoms with Crippen LogP contribution >= 0.6 is 11.6 Å². The van der Waals surface area contributed by atoms with Crippen molar-refractivity contribution in [3.63, 3.8) is 0 Å². The Morgan fingerprint density at radius 2 is 1.56 bits per heavy atom. The van der Waals surface area contributed by atoms with Gasteiger partial charge in [0, 0.05) is 17.0 Å². The smallest absolute Gasteiger partial charge is 0.305 e. The molecule has 0 saturated carbocycles. The van der Waals surface area contributed by atoms with Gasteiger partial charge in [0.1, 0.15) is 17.2 Å². The van der Waals surface area contributed by atoms with E-state index >= 15 is 0 Å². The maximum Gasteiger partial charge on any atom is 0.305 e. The first kappa shape index (κ1) is 26.3. The van der Waals surface area contributed by atoms with Crippen molar-refractivity contribution in [2.75, 3.05) is 7.11 Å². The molecule has 0 spiro atoms. The predicted molar refractivity (Wildman–Crippen MR) is 140 cm³/mol. The summed E-state index contributed by atoms with van der Waals surface area (Å²) in [5.41, 5.74) is 8.18. The van der Waals surface area contributed by atoms with Crippen molar-refractivity contribution in [1.29, 1.82) is 0 Å². The standard InChI is InChI=1S/C22H20O3.C7H6ClNO2/c1-24-22(23)16-13-17-11-14-18(15-12-17)20-9-5-6-10-21(20)25-19-7-3-2-4-8-19;8-4-1-2-6(10)5(3-4)7(9)11/h2-12,14-15H,13,16H2,1H3;1-3,10H,(H2,9,11). The van der Waals surface area contributed by atoms with Crippen molar-refractivity contribution in [3.8, 4) is 28.4 Å². The van der Waals surface area contributed by atoms with Crippen molar-refractivity contribution >= 4 is 23.5 Å². The highest BCUT2D eigenvalue weighted by Crippen LogP contribution is 2.33. The summed E-state index contributed by atoms with van der Waals surface area (Å²) in [6.45, 7) is 0. The number of aromatic hydroxyl groups is 1. The number of carbonyl (C=O) groups is 2. The fraction of sp³-hybridized carbons (Fsp3) is 0.103. The van der Waals surface area contributed by atoms with Gasteiger partial charge in [-0.3, -0.25) is 9.59 Å². The van der Waals surface area contributed by atoms with Crippen LogP contribution in [-0.4, -0.2) is 24.1 Å². The van der Waals surface area contributed by atoms with Gasteiger partial charge in [0.05, 0.1) is 12.7 Å². The molecule has 4 rings (SSSR count). The molecule has 0 radical (unpaired) electrons. The molecule has 0 unspecified atom stereocenters. The maximum atomic E-state index is 11.3. The second kappa shape index (κ2) is 13.0. The molecule has 0 atom stereocenters. The molecular weight excluding hydrogens is 478 g/mol. The van der Waals surface area contributed by atoms with Crippen LogP contribution in [0.2, 0.25) is 5.02 Å². The fourth-order valence-corrected chi connectivity index (χ4v) is 3.49. The van der Waals surface area contributed by atoms with Crippen LogP contribution in [0.3, 0.4) is 0 Å². The topological polar surface area (TPSA) is 98.9 Å². The summed E-state index contributed by atoms with van der Waals surface area (Å²) in [7, 11) is 1.41. The highest BCUT2D eigenvalue weighted by Gasteiger charge is 2.08. The molecule has 0 bridgehead atoms. The summed E-state index contributed by atoms with van der Waals surface area (Å²) in [6.07, 6.45) is 1.07. The summed E-state index contributed by atoms with van der Waals surface area (Å²) in [6, 6.07) is 30.0. The summed E-state index contributed by atoms with van der Waals surface area (Å²) < 4.78 is 10.7. The number of phenols is 1. The van der Waals surface area contributed by atoms with Crippen LogP contribution in [0.4, 0.5) is 0 Å². The number of methoxy groups -OCH3 is 1. The number of nitrogens with two attached hydrogens (primary N) is 1. The molecule has 3 N–H and O–H groups in total. The van der Waals surface area contributed by atoms with Gasteiger partial charge in [-0.05, 0) is 53.9 Å². The van der Waals surface area contributed by atoms with E-state index in [2.05, 4.69) is 16.9 Å². The number of primary amides is 1. The van der Waals surface area contributed by atoms with E-state index in [1.807, 2.05) is 66.7 Å². The lowest BCUT2D eigenvalue weighted by atomic mass is 10.0. The third-order valence-corrected chi connectivity index (χ3v) is 5.43. The van der Waals surface area contributed by atoms with E-state index in [0.717, 1.165) is 28.2 Å². The average Bonchev–Trinajstić information content (AvgIpc) is 2.90. The lowest BCUT2D eigenvalue weighted by Crippen LogP contribution is -2.10. The number of para-hydroxylation sites is 2. The van der Waals surface area contributed by atoms with Crippen molar-refractivity contribution < 1.29 is 24.2 Å². The van der Waals surface area contributed by atoms with Crippen LogP contribution in [0.25, 0.3) is 11.1 Å². The lowest BCUT2D eigenvalue weighted by molar-refractivity contribution is -0.140. The fourth-order valence-electron chi connectivity index (χ4n) is 3.31. The zero-order chi connectivity index (χ0) is 25.9. The Balaban J connectivity index is 0.000000275. The minimum Gasteiger partial charge on any atom is -0.507 e. The monoisotopic (exact) mass is 503 g/mol. The molecule has 0 heterocycles. The number of esters is 1. The van der Waals surface area contributed by atoms with E-state index in [4.69, 9.17) is 27.2 Å². The lowest BCUT2D eigenvalue weighted by Gasteiger charge is -2.12. The largest absolute Gasteiger partial charge is 0.507 e. The molecule has 0 aliphatic rings. The number of aryl methyl sites for hydroxylation is 1. The number of rotatable bonds is 7. The Morgan fingerprint density at radius 1 is 0.889 bits per heavy atom. The van der Waals surface area contributed by atoms with Crippen LogP contribution in [0.5, 0.6) is 17.2 Å². The van der Waals surface area contributed by atoms with Crippen LogP contribution < -0.4 is 10.5 Å². The molecule has 0 aliphatic carbocycles. The quantitative estimate of drug-likeness (QED) is 0.284. The van der Waals surface area contributed by atoms with Gasteiger partial charge in [0.2, 0.25) is 0 Å². The molecular formula is C29H26ClNO5. The Morgan fingerprint density at radius 3 is 2.19 bits per heavy atom. The van der Waals surface area contributed by atoms with Crippen LogP contribution in [0.15, 0.2) is 97.1 Å². The first-order chi connectivity index (χ1) is 17.4. The molecule has 4 aromatic rings. The summed E-state index contributed by atoms with van der Waals surface area (Å²) in [5.74, 6) is 0.596. The molecule has 0 fully saturated rings. The average molecular weight is 504 g/mol. The van der Waals surface area contributed by atoms with E-state index in [1.165, 1.54) is 25.3 Å². The molecule has 1 amide bonds. The molecule has 0 aromatic heterocycles. The molecule has 0 saturated heterocycles. The van der Waals surface area contributed by atoms with Gasteiger partial charge < -0.3 is 20.3 Å². The number of amides is 1. The SMILES string of the molecule is COC(=O)CCc1ccc(-c2ccccc2Oc2ccccc2)cc1.NC(=O)c1cc(Cl)ccc1O. The molecule has 184 valence electrons. The zero-order valence-electron chi connectivity index (χ0n) is 19.7. The molecule has 6 nitrogen and oxygen atoms in total. The van der Waals surface area contributed by atoms with Crippen molar-refractivity contribution in [1.82, 2.24) is 0 Å². The van der Waals surface area contributed by atoms with E-state index < -0.39 is 5.91 Å². The Labute approximate surface area is 214 Å². The molecule has 7 heteroatoms. The van der Waals surface area contributed by atoms with Gasteiger partial charge in [-0.25, -0.2) is 0 Å². The number of halogens is 1. The molecule has 4 aromatic carbocycles. The first-order valence-electron chi connectivity index (χ1n) is 11.1. The summed E-state index contributed by atoms with van der Waals surface area (Å²) in [4.78, 5) is 21.8. The van der Waals surface area contributed by atoms with Gasteiger partial charge in [0.25, 0.3) is 5.91 Å². The number of hydrogen-bond donors (Lipinski definition) is 2. The predicted octanol–water partition coefficient (Wildman–Crippen LogP) is 6.40. The highest BCUT2D eigenvalue weighted by atomic mass is 35.5. The zero-order valence-corrected chi connectivity index (χ0v) is 20.4. The highest BCUT2D eigenvalue weighted by molar-refractivity contribution is 6.31. The van der Waals surface area contributed by atoms with Gasteiger partial charge in [-0.2, -0.15) is 0 Å². The number of hydrogen-bond acceptors (Lipinski definition) is 5. The number of ether oxygens (including phenoxy) is 2. The Bertz CT molecular complexity index is 1310. The van der Waals surface area contributed by atoms with Gasteiger partial charge in [-0.15, -0.1) is 0 Å². The van der Waals surface area contributed by atoms with Crippen LogP contribution in [0, 0.1) is 0 Å². The first-order valence-corrected chi connectivity index (χ1v) is 11.5. The third-order valence-electron chi connectivity index (χ3n) is 5.19. The normalized spacial score (nSPS) is 10.1. The van der Waals surface area contributed by atoms with Crippen LogP contribution in [0.1, 0.15) is 22.3 Å². The van der Waals surface area contributed by atoms with E-state index in [0.29, 0.717) is 17.9 Å². The Kier molecular flexibility index (Phi) is 9.48. The van der Waals surface area contributed by atoms with Crippen molar-refractivity contribution in [2.45, 2.75) is 12.8 Å². The van der Waals surface area contributed by atoms with Gasteiger partial charge in [0.15, 0.2) is 0 Å². The maximum absolute atomic E-state index is 11.3. The van der Waals surface area contributed by atoms with Crippen molar-refractivity contribution in [3.05, 3.63) is 113 Å². The third kappa shape index (κ3) is 7.61. The molecule has 0 aliphatic heterocycles. The van der Waals surface area contributed by atoms with Gasteiger partial charge in [-0.1, -0.05) is 72.3 Å². The molecule has 36 heavy (non-hydrogen) atoms. The van der Waals surface area contributed by atoms with E-state index in [1.54, 1.807) is 0 Å². The van der Waals surface area contributed by atoms with Crippen LogP contribution in [-0.2, 0) is 16.0 Å². The second-order valence-electron chi connectivity index (χ2n) is 7.71. The minimum absolute atomic E-state index is 0.0394. The minimum atomic E-state index is -0.690. The second-order valence-corrected chi connectivity index (χ2v) is 8.15. The van der Waals surface area contributed by atoms with E-state index in [-0.39, 0.29) is 17.3 Å². The van der Waals surface area contributed by atoms with E-state index in [9.17, 15) is 9.59 Å². The summed E-state index contributed by atoms with van der Waals surface area (Å²) >= 11 is 5.54. The summed E-state index contributed by atoms with van der Waals surface area (Å²) in [5, 5.41) is 9.42. The Hall–Kier alpha value is -4.29. The number of carbonyl (C=O) groups excluding carboxylic acids is 2. The number of benzene rings is 4. The van der Waals surface area contributed by atoms with Gasteiger partial charge >= 0.3 is 5.97 Å².